The molecule has 0 saturated heterocycles. The van der Waals surface area contributed by atoms with Crippen LogP contribution in [0.3, 0.4) is 0 Å². The van der Waals surface area contributed by atoms with Crippen molar-refractivity contribution in [3.63, 3.8) is 0 Å². The molecule has 3 N–H and O–H groups in total. The van der Waals surface area contributed by atoms with Crippen LogP contribution in [0.4, 0.5) is 0 Å². The first-order valence-corrected chi connectivity index (χ1v) is 7.15. The zero-order valence-electron chi connectivity index (χ0n) is 11.8. The Hall–Kier alpha value is -1.86. The zero-order valence-corrected chi connectivity index (χ0v) is 11.8. The van der Waals surface area contributed by atoms with Crippen LogP contribution in [0.1, 0.15) is 49.8 Å². The Morgan fingerprint density at radius 2 is 1.90 bits per heavy atom. The van der Waals surface area contributed by atoms with Gasteiger partial charge in [0.2, 0.25) is 5.91 Å². The minimum Gasteiger partial charge on any atom is -0.369 e. The lowest BCUT2D eigenvalue weighted by atomic mass is 9.85. The van der Waals surface area contributed by atoms with Crippen LogP contribution in [-0.2, 0) is 4.79 Å². The van der Waals surface area contributed by atoms with Crippen molar-refractivity contribution in [2.75, 3.05) is 0 Å². The third kappa shape index (κ3) is 3.58. The van der Waals surface area contributed by atoms with E-state index >= 15 is 0 Å². The van der Waals surface area contributed by atoms with Crippen LogP contribution in [0, 0.1) is 17.2 Å². The molecule has 106 valence electrons. The molecule has 0 radical (unpaired) electrons. The van der Waals surface area contributed by atoms with Gasteiger partial charge in [0.25, 0.3) is 0 Å². The lowest BCUT2D eigenvalue weighted by Crippen LogP contribution is -2.37. The quantitative estimate of drug-likeness (QED) is 0.881. The molecule has 0 aromatic heterocycles. The van der Waals surface area contributed by atoms with Gasteiger partial charge in [-0.2, -0.15) is 5.26 Å². The summed E-state index contributed by atoms with van der Waals surface area (Å²) in [5.41, 5.74) is 7.21. The van der Waals surface area contributed by atoms with E-state index in [2.05, 4.69) is 18.3 Å². The van der Waals surface area contributed by atoms with E-state index in [9.17, 15) is 4.79 Å². The number of nitrogens with one attached hydrogen (secondary N) is 1. The van der Waals surface area contributed by atoms with Crippen molar-refractivity contribution < 1.29 is 4.79 Å². The van der Waals surface area contributed by atoms with Crippen LogP contribution in [-0.4, -0.2) is 11.9 Å². The molecule has 1 atom stereocenters. The summed E-state index contributed by atoms with van der Waals surface area (Å²) in [4.78, 5) is 11.1. The summed E-state index contributed by atoms with van der Waals surface area (Å²) in [7, 11) is 0. The molecule has 2 rings (SSSR count). The molecule has 4 nitrogen and oxygen atoms in total. The van der Waals surface area contributed by atoms with Crippen LogP contribution in [0.25, 0.3) is 0 Å². The van der Waals surface area contributed by atoms with Gasteiger partial charge in [-0.25, -0.2) is 0 Å². The molecule has 1 aliphatic carbocycles. The molecule has 1 unspecified atom stereocenters. The number of benzene rings is 1. The number of hydrogen-bond donors (Lipinski definition) is 2. The van der Waals surface area contributed by atoms with Gasteiger partial charge < -0.3 is 11.1 Å². The second kappa shape index (κ2) is 6.53. The minimum absolute atomic E-state index is 0.0540. The van der Waals surface area contributed by atoms with Gasteiger partial charge in [0.15, 0.2) is 0 Å². The third-order valence-electron chi connectivity index (χ3n) is 4.16. The molecule has 0 spiro atoms. The first-order valence-electron chi connectivity index (χ1n) is 7.15. The Morgan fingerprint density at radius 1 is 1.30 bits per heavy atom. The van der Waals surface area contributed by atoms with Crippen molar-refractivity contribution >= 4 is 5.91 Å². The lowest BCUT2D eigenvalue weighted by Gasteiger charge is -2.30. The Kier molecular flexibility index (Phi) is 4.75. The van der Waals surface area contributed by atoms with Crippen molar-refractivity contribution in [3.8, 4) is 6.07 Å². The summed E-state index contributed by atoms with van der Waals surface area (Å²) < 4.78 is 0. The normalized spacial score (nSPS) is 23.8. The summed E-state index contributed by atoms with van der Waals surface area (Å²) in [6, 6.07) is 10.5. The van der Waals surface area contributed by atoms with Gasteiger partial charge in [0.1, 0.15) is 0 Å². The summed E-state index contributed by atoms with van der Waals surface area (Å²) >= 11 is 0. The second-order valence-corrected chi connectivity index (χ2v) is 5.57. The monoisotopic (exact) mass is 271 g/mol. The van der Waals surface area contributed by atoms with Gasteiger partial charge >= 0.3 is 0 Å². The van der Waals surface area contributed by atoms with Gasteiger partial charge in [-0.15, -0.1) is 0 Å². The van der Waals surface area contributed by atoms with Crippen molar-refractivity contribution in [3.05, 3.63) is 35.4 Å². The highest BCUT2D eigenvalue weighted by molar-refractivity contribution is 5.76. The predicted molar refractivity (Wildman–Crippen MR) is 77.6 cm³/mol. The van der Waals surface area contributed by atoms with E-state index in [1.807, 2.05) is 24.3 Å². The summed E-state index contributed by atoms with van der Waals surface area (Å²) in [5, 5.41) is 12.4. The number of carbonyl (C=O) groups is 1. The first kappa shape index (κ1) is 14.5. The molecule has 1 aromatic rings. The fraction of sp³-hybridized carbons (Fsp3) is 0.500. The molecule has 1 amide bonds. The number of nitrogens with two attached hydrogens (primary N) is 1. The van der Waals surface area contributed by atoms with Crippen LogP contribution in [0.2, 0.25) is 0 Å². The minimum atomic E-state index is -0.163. The maximum atomic E-state index is 11.1. The predicted octanol–water partition coefficient (Wildman–Crippen LogP) is 2.25. The standard InChI is InChI=1S/C16H21N3O/c1-11(13-4-2-12(10-17)3-5-13)19-15-8-6-14(7-9-15)16(18)20/h2-5,11,14-15,19H,6-9H2,1H3,(H2,18,20). The van der Waals surface area contributed by atoms with E-state index in [0.717, 1.165) is 25.7 Å². The molecule has 0 bridgehead atoms. The summed E-state index contributed by atoms with van der Waals surface area (Å²) in [6.45, 7) is 2.13. The summed E-state index contributed by atoms with van der Waals surface area (Å²) in [5.74, 6) is -0.109. The van der Waals surface area contributed by atoms with Crippen LogP contribution in [0.5, 0.6) is 0 Å². The number of primary amides is 1. The van der Waals surface area contributed by atoms with Crippen molar-refractivity contribution in [1.29, 1.82) is 5.26 Å². The molecule has 1 fully saturated rings. The van der Waals surface area contributed by atoms with Crippen LogP contribution < -0.4 is 11.1 Å². The van der Waals surface area contributed by atoms with Crippen LogP contribution in [0.15, 0.2) is 24.3 Å². The molecule has 20 heavy (non-hydrogen) atoms. The highest BCUT2D eigenvalue weighted by atomic mass is 16.1. The van der Waals surface area contributed by atoms with Gasteiger partial charge in [-0.05, 0) is 50.3 Å². The average Bonchev–Trinajstić information content (AvgIpc) is 2.48. The number of amides is 1. The molecule has 1 aromatic carbocycles. The summed E-state index contributed by atoms with van der Waals surface area (Å²) in [6.07, 6.45) is 3.75. The van der Waals surface area contributed by atoms with Crippen molar-refractivity contribution in [1.82, 2.24) is 5.32 Å². The third-order valence-corrected chi connectivity index (χ3v) is 4.16. The first-order chi connectivity index (χ1) is 9.60. The number of hydrogen-bond acceptors (Lipinski definition) is 3. The largest absolute Gasteiger partial charge is 0.369 e. The topological polar surface area (TPSA) is 78.9 Å². The van der Waals surface area contributed by atoms with E-state index in [-0.39, 0.29) is 17.9 Å². The molecule has 0 aliphatic heterocycles. The molecule has 0 heterocycles. The molecule has 1 saturated carbocycles. The van der Waals surface area contributed by atoms with Gasteiger partial charge in [0.05, 0.1) is 11.6 Å². The van der Waals surface area contributed by atoms with Crippen molar-refractivity contribution in [2.45, 2.75) is 44.7 Å². The van der Waals surface area contributed by atoms with E-state index in [1.165, 1.54) is 5.56 Å². The SMILES string of the molecule is CC(NC1CCC(C(N)=O)CC1)c1ccc(C#N)cc1. The number of nitriles is 1. The maximum Gasteiger partial charge on any atom is 0.220 e. The fourth-order valence-electron chi connectivity index (χ4n) is 2.84. The van der Waals surface area contributed by atoms with Gasteiger partial charge in [0, 0.05) is 18.0 Å². The van der Waals surface area contributed by atoms with E-state index in [4.69, 9.17) is 11.0 Å². The van der Waals surface area contributed by atoms with Gasteiger partial charge in [-0.3, -0.25) is 4.79 Å². The molecular weight excluding hydrogens is 250 g/mol. The lowest BCUT2D eigenvalue weighted by molar-refractivity contribution is -0.122. The second-order valence-electron chi connectivity index (χ2n) is 5.57. The van der Waals surface area contributed by atoms with E-state index in [0.29, 0.717) is 11.6 Å². The van der Waals surface area contributed by atoms with Crippen LogP contribution >= 0.6 is 0 Å². The Morgan fingerprint density at radius 3 is 2.40 bits per heavy atom. The van der Waals surface area contributed by atoms with E-state index in [1.54, 1.807) is 0 Å². The highest BCUT2D eigenvalue weighted by Crippen LogP contribution is 2.26. The zero-order chi connectivity index (χ0) is 14.5. The maximum absolute atomic E-state index is 11.1. The fourth-order valence-corrected chi connectivity index (χ4v) is 2.84. The average molecular weight is 271 g/mol. The van der Waals surface area contributed by atoms with Gasteiger partial charge in [-0.1, -0.05) is 12.1 Å². The number of nitrogens with zero attached hydrogens (tertiary/aromatic N) is 1. The number of rotatable bonds is 4. The van der Waals surface area contributed by atoms with Crippen molar-refractivity contribution in [2.24, 2.45) is 11.7 Å². The molecule has 1 aliphatic rings. The highest BCUT2D eigenvalue weighted by Gasteiger charge is 2.25. The molecule has 4 heteroatoms. The smallest absolute Gasteiger partial charge is 0.220 e. The Bertz CT molecular complexity index is 495. The van der Waals surface area contributed by atoms with E-state index < -0.39 is 0 Å². The molecular formula is C16H21N3O. The number of carbonyl (C=O) groups excluding carboxylic acids is 1. The Balaban J connectivity index is 1.87. The Labute approximate surface area is 120 Å².